The van der Waals surface area contributed by atoms with E-state index in [0.29, 0.717) is 24.6 Å². The van der Waals surface area contributed by atoms with Crippen molar-refractivity contribution in [2.24, 2.45) is 0 Å². The van der Waals surface area contributed by atoms with E-state index >= 15 is 0 Å². The van der Waals surface area contributed by atoms with Gasteiger partial charge in [-0.25, -0.2) is 9.37 Å². The van der Waals surface area contributed by atoms with Gasteiger partial charge in [0.2, 0.25) is 0 Å². The molecule has 1 fully saturated rings. The molecule has 7 heteroatoms. The Hall–Kier alpha value is -3.97. The molecular weight excluding hydrogens is 469 g/mol. The second kappa shape index (κ2) is 11.4. The van der Waals surface area contributed by atoms with E-state index in [1.165, 1.54) is 12.1 Å². The number of fused-ring (bicyclic) bond motifs is 1. The van der Waals surface area contributed by atoms with Crippen molar-refractivity contribution in [3.8, 4) is 22.8 Å². The number of aromatic nitrogens is 1. The van der Waals surface area contributed by atoms with E-state index in [9.17, 15) is 9.18 Å². The number of pyridine rings is 1. The minimum atomic E-state index is -0.268. The number of nitrogens with zero attached hydrogens (tertiary/aromatic N) is 2. The maximum atomic E-state index is 13.1. The van der Waals surface area contributed by atoms with Crippen LogP contribution in [-0.4, -0.2) is 54.7 Å². The van der Waals surface area contributed by atoms with Gasteiger partial charge in [-0.2, -0.15) is 0 Å². The monoisotopic (exact) mass is 499 g/mol. The molecule has 4 aromatic rings. The molecule has 0 saturated carbocycles. The van der Waals surface area contributed by atoms with Gasteiger partial charge >= 0.3 is 0 Å². The first-order chi connectivity index (χ1) is 18.1. The van der Waals surface area contributed by atoms with Crippen molar-refractivity contribution in [1.29, 1.82) is 0 Å². The Bertz CT molecular complexity index is 1350. The molecule has 0 unspecified atom stereocenters. The molecule has 0 radical (unpaired) electrons. The highest BCUT2D eigenvalue weighted by molar-refractivity contribution is 6.06. The average molecular weight is 500 g/mol. The van der Waals surface area contributed by atoms with Gasteiger partial charge in [0.1, 0.15) is 29.1 Å². The highest BCUT2D eigenvalue weighted by atomic mass is 19.1. The van der Waals surface area contributed by atoms with Crippen LogP contribution in [-0.2, 0) is 0 Å². The fourth-order valence-electron chi connectivity index (χ4n) is 4.48. The van der Waals surface area contributed by atoms with Gasteiger partial charge in [0.15, 0.2) is 0 Å². The van der Waals surface area contributed by atoms with Crippen molar-refractivity contribution in [3.05, 3.63) is 90.4 Å². The standard InChI is InChI=1S/C30H30FN3O3/c1-2-36-24-12-8-21(9-13-24)28-18-22-6-3-4-7-27(22)29(33-28)30(35)32-16-5-17-34-19-26(20-34)37-25-14-10-23(31)11-15-25/h3-4,6-15,18,26H,2,5,16-17,19-20H2,1H3,(H,32,35). The molecule has 1 aliphatic heterocycles. The molecule has 6 nitrogen and oxygen atoms in total. The van der Waals surface area contributed by atoms with Gasteiger partial charge in [0, 0.05) is 37.1 Å². The number of benzene rings is 3. The van der Waals surface area contributed by atoms with E-state index in [0.717, 1.165) is 53.8 Å². The van der Waals surface area contributed by atoms with E-state index in [-0.39, 0.29) is 17.8 Å². The summed E-state index contributed by atoms with van der Waals surface area (Å²) in [4.78, 5) is 20.2. The average Bonchev–Trinajstić information content (AvgIpc) is 2.90. The zero-order valence-corrected chi connectivity index (χ0v) is 20.8. The summed E-state index contributed by atoms with van der Waals surface area (Å²) in [5.41, 5.74) is 2.11. The molecule has 37 heavy (non-hydrogen) atoms. The van der Waals surface area contributed by atoms with Crippen LogP contribution in [0.15, 0.2) is 78.9 Å². The van der Waals surface area contributed by atoms with Gasteiger partial charge in [-0.05, 0) is 73.3 Å². The first-order valence-corrected chi connectivity index (χ1v) is 12.6. The number of carbonyl (C=O) groups excluding carboxylic acids is 1. The zero-order chi connectivity index (χ0) is 25.6. The topological polar surface area (TPSA) is 63.7 Å². The van der Waals surface area contributed by atoms with Crippen molar-refractivity contribution in [3.63, 3.8) is 0 Å². The predicted molar refractivity (Wildman–Crippen MR) is 143 cm³/mol. The number of ether oxygens (including phenoxy) is 2. The molecule has 1 saturated heterocycles. The lowest BCUT2D eigenvalue weighted by Gasteiger charge is -2.39. The highest BCUT2D eigenvalue weighted by Crippen LogP contribution is 2.26. The first-order valence-electron chi connectivity index (χ1n) is 12.6. The van der Waals surface area contributed by atoms with Gasteiger partial charge < -0.3 is 14.8 Å². The molecular formula is C30H30FN3O3. The van der Waals surface area contributed by atoms with Crippen molar-refractivity contribution in [1.82, 2.24) is 15.2 Å². The molecule has 190 valence electrons. The Labute approximate surface area is 216 Å². The fraction of sp³-hybridized carbons (Fsp3) is 0.267. The lowest BCUT2D eigenvalue weighted by molar-refractivity contribution is 0.0194. The summed E-state index contributed by atoms with van der Waals surface area (Å²) in [5.74, 6) is 1.05. The largest absolute Gasteiger partial charge is 0.494 e. The van der Waals surface area contributed by atoms with E-state index in [1.54, 1.807) is 12.1 Å². The number of nitrogens with one attached hydrogen (secondary N) is 1. The van der Waals surface area contributed by atoms with Crippen molar-refractivity contribution >= 4 is 16.7 Å². The summed E-state index contributed by atoms with van der Waals surface area (Å²) in [5, 5.41) is 4.84. The lowest BCUT2D eigenvalue weighted by Crippen LogP contribution is -2.54. The summed E-state index contributed by atoms with van der Waals surface area (Å²) >= 11 is 0. The van der Waals surface area contributed by atoms with Crippen LogP contribution < -0.4 is 14.8 Å². The third kappa shape index (κ3) is 6.06. The summed E-state index contributed by atoms with van der Waals surface area (Å²) in [6.07, 6.45) is 0.937. The lowest BCUT2D eigenvalue weighted by atomic mass is 10.0. The Morgan fingerprint density at radius 2 is 1.76 bits per heavy atom. The third-order valence-electron chi connectivity index (χ3n) is 6.39. The minimum Gasteiger partial charge on any atom is -0.494 e. The van der Waals surface area contributed by atoms with Crippen LogP contribution in [0, 0.1) is 5.82 Å². The molecule has 3 aromatic carbocycles. The predicted octanol–water partition coefficient (Wildman–Crippen LogP) is 5.32. The molecule has 1 aromatic heterocycles. The molecule has 0 spiro atoms. The Balaban J connectivity index is 1.16. The summed E-state index contributed by atoms with van der Waals surface area (Å²) < 4.78 is 24.4. The van der Waals surface area contributed by atoms with E-state index < -0.39 is 0 Å². The summed E-state index contributed by atoms with van der Waals surface area (Å²) in [6, 6.07) is 23.7. The maximum absolute atomic E-state index is 13.1. The highest BCUT2D eigenvalue weighted by Gasteiger charge is 2.27. The van der Waals surface area contributed by atoms with E-state index in [2.05, 4.69) is 10.2 Å². The quantitative estimate of drug-likeness (QED) is 0.299. The maximum Gasteiger partial charge on any atom is 0.270 e. The number of hydrogen-bond donors (Lipinski definition) is 1. The van der Waals surface area contributed by atoms with Crippen molar-refractivity contribution in [2.45, 2.75) is 19.4 Å². The zero-order valence-electron chi connectivity index (χ0n) is 20.8. The smallest absolute Gasteiger partial charge is 0.270 e. The van der Waals surface area contributed by atoms with Crippen LogP contribution >= 0.6 is 0 Å². The summed E-state index contributed by atoms with van der Waals surface area (Å²) in [6.45, 7) is 5.63. The molecule has 1 aliphatic rings. The second-order valence-electron chi connectivity index (χ2n) is 9.10. The van der Waals surface area contributed by atoms with Crippen LogP contribution in [0.2, 0.25) is 0 Å². The number of likely N-dealkylation sites (tertiary alicyclic amines) is 1. The third-order valence-corrected chi connectivity index (χ3v) is 6.39. The van der Waals surface area contributed by atoms with Gasteiger partial charge in [0.25, 0.3) is 5.91 Å². The molecule has 0 aliphatic carbocycles. The Kier molecular flexibility index (Phi) is 7.61. The number of hydrogen-bond acceptors (Lipinski definition) is 5. The van der Waals surface area contributed by atoms with Crippen LogP contribution in [0.3, 0.4) is 0 Å². The number of amides is 1. The van der Waals surface area contributed by atoms with Crippen molar-refractivity contribution < 1.29 is 18.7 Å². The SMILES string of the molecule is CCOc1ccc(-c2cc3ccccc3c(C(=O)NCCCN3CC(Oc4ccc(F)cc4)C3)n2)cc1. The number of rotatable bonds is 10. The molecule has 0 atom stereocenters. The molecule has 1 N–H and O–H groups in total. The first kappa shape index (κ1) is 24.7. The van der Waals surface area contributed by atoms with Crippen LogP contribution in [0.25, 0.3) is 22.0 Å². The molecule has 1 amide bonds. The van der Waals surface area contributed by atoms with E-state index in [4.69, 9.17) is 14.5 Å². The van der Waals surface area contributed by atoms with Crippen molar-refractivity contribution in [2.75, 3.05) is 32.8 Å². The number of halogens is 1. The number of carbonyl (C=O) groups is 1. The molecule has 5 rings (SSSR count). The fourth-order valence-corrected chi connectivity index (χ4v) is 4.48. The summed E-state index contributed by atoms with van der Waals surface area (Å²) in [7, 11) is 0. The van der Waals surface area contributed by atoms with Crippen LogP contribution in [0.5, 0.6) is 11.5 Å². The van der Waals surface area contributed by atoms with Gasteiger partial charge in [-0.3, -0.25) is 9.69 Å². The second-order valence-corrected chi connectivity index (χ2v) is 9.10. The van der Waals surface area contributed by atoms with Gasteiger partial charge in [0.05, 0.1) is 12.3 Å². The molecule has 0 bridgehead atoms. The molecule has 2 heterocycles. The van der Waals surface area contributed by atoms with Crippen LogP contribution in [0.1, 0.15) is 23.8 Å². The van der Waals surface area contributed by atoms with Crippen LogP contribution in [0.4, 0.5) is 4.39 Å². The minimum absolute atomic E-state index is 0.112. The Morgan fingerprint density at radius 1 is 1.03 bits per heavy atom. The van der Waals surface area contributed by atoms with Gasteiger partial charge in [-0.1, -0.05) is 24.3 Å². The van der Waals surface area contributed by atoms with E-state index in [1.807, 2.05) is 61.5 Å². The van der Waals surface area contributed by atoms with Gasteiger partial charge in [-0.15, -0.1) is 0 Å². The Morgan fingerprint density at radius 3 is 2.51 bits per heavy atom. The normalized spacial score (nSPS) is 13.8.